The highest BCUT2D eigenvalue weighted by atomic mass is 16.4. The minimum absolute atomic E-state index is 0.759. The Kier molecular flexibility index (Phi) is 2.06. The molecule has 0 atom stereocenters. The maximum absolute atomic E-state index is 5.24. The maximum atomic E-state index is 5.24. The van der Waals surface area contributed by atoms with Gasteiger partial charge in [-0.25, -0.2) is 4.98 Å². The molecule has 1 aromatic rings. The third-order valence-corrected chi connectivity index (χ3v) is 1.40. The molecule has 0 fully saturated rings. The van der Waals surface area contributed by atoms with E-state index in [0.717, 1.165) is 23.9 Å². The lowest BCUT2D eigenvalue weighted by Gasteiger charge is -1.88. The molecule has 3 nitrogen and oxygen atoms in total. The Morgan fingerprint density at radius 3 is 2.60 bits per heavy atom. The van der Waals surface area contributed by atoms with E-state index in [1.165, 1.54) is 0 Å². The fraction of sp³-hybridized carbons (Fsp3) is 0.571. The van der Waals surface area contributed by atoms with Crippen LogP contribution in [0.2, 0.25) is 0 Å². The summed E-state index contributed by atoms with van der Waals surface area (Å²) in [5.74, 6) is 1.70. The second kappa shape index (κ2) is 2.84. The number of aryl methyl sites for hydroxylation is 2. The molecule has 0 spiro atoms. The summed E-state index contributed by atoms with van der Waals surface area (Å²) in [7, 11) is 2.02. The Morgan fingerprint density at radius 2 is 2.20 bits per heavy atom. The molecular weight excluding hydrogens is 128 g/mol. The van der Waals surface area contributed by atoms with Crippen molar-refractivity contribution in [1.29, 1.82) is 0 Å². The molecule has 1 aromatic heterocycles. The van der Waals surface area contributed by atoms with Gasteiger partial charge in [0.1, 0.15) is 18.0 Å². The summed E-state index contributed by atoms with van der Waals surface area (Å²) in [6, 6.07) is 0. The lowest BCUT2D eigenvalue weighted by molar-refractivity contribution is -0.643. The smallest absolute Gasteiger partial charge is 0.191 e. The minimum Gasteiger partial charge on any atom is -0.446 e. The molecule has 0 aliphatic carbocycles. The Morgan fingerprint density at radius 1 is 1.50 bits per heavy atom. The molecule has 0 saturated heterocycles. The van der Waals surface area contributed by atoms with E-state index in [-0.39, 0.29) is 0 Å². The lowest BCUT2D eigenvalue weighted by Crippen LogP contribution is -2.77. The monoisotopic (exact) mass is 141 g/mol. The molecule has 0 aliphatic heterocycles. The van der Waals surface area contributed by atoms with Gasteiger partial charge in [0.15, 0.2) is 5.89 Å². The van der Waals surface area contributed by atoms with Crippen LogP contribution in [0.4, 0.5) is 0 Å². The van der Waals surface area contributed by atoms with Crippen molar-refractivity contribution in [3.63, 3.8) is 0 Å². The van der Waals surface area contributed by atoms with Gasteiger partial charge >= 0.3 is 0 Å². The molecule has 1 rings (SSSR count). The van der Waals surface area contributed by atoms with Crippen molar-refractivity contribution in [3.8, 4) is 0 Å². The maximum Gasteiger partial charge on any atom is 0.191 e. The summed E-state index contributed by atoms with van der Waals surface area (Å²) in [5.41, 5.74) is 1.06. The number of nitrogens with zero attached hydrogens (tertiary/aromatic N) is 1. The van der Waals surface area contributed by atoms with Crippen LogP contribution in [-0.2, 0) is 6.54 Å². The summed E-state index contributed by atoms with van der Waals surface area (Å²) in [6.45, 7) is 4.72. The van der Waals surface area contributed by atoms with Crippen molar-refractivity contribution < 1.29 is 9.73 Å². The molecule has 0 bridgehead atoms. The van der Waals surface area contributed by atoms with E-state index in [4.69, 9.17) is 4.42 Å². The van der Waals surface area contributed by atoms with E-state index in [2.05, 4.69) is 10.3 Å². The molecule has 0 aromatic carbocycles. The zero-order valence-electron chi connectivity index (χ0n) is 6.64. The van der Waals surface area contributed by atoms with E-state index in [1.54, 1.807) is 0 Å². The number of quaternary nitrogens is 1. The Hall–Kier alpha value is -0.830. The normalized spacial score (nSPS) is 10.3. The van der Waals surface area contributed by atoms with E-state index in [9.17, 15) is 0 Å². The molecule has 0 saturated carbocycles. The highest BCUT2D eigenvalue weighted by Gasteiger charge is 2.05. The van der Waals surface area contributed by atoms with Crippen molar-refractivity contribution in [2.45, 2.75) is 20.4 Å². The number of hydrogen-bond acceptors (Lipinski definition) is 2. The first-order chi connectivity index (χ1) is 4.74. The average molecular weight is 141 g/mol. The summed E-state index contributed by atoms with van der Waals surface area (Å²) >= 11 is 0. The second-order valence-electron chi connectivity index (χ2n) is 2.35. The average Bonchev–Trinajstić information content (AvgIpc) is 2.13. The zero-order valence-corrected chi connectivity index (χ0v) is 6.64. The van der Waals surface area contributed by atoms with Crippen LogP contribution in [0.15, 0.2) is 4.42 Å². The third kappa shape index (κ3) is 1.36. The Balaban J connectivity index is 2.81. The number of aromatic nitrogens is 1. The highest BCUT2D eigenvalue weighted by Crippen LogP contribution is 2.06. The first-order valence-electron chi connectivity index (χ1n) is 3.44. The van der Waals surface area contributed by atoms with Crippen molar-refractivity contribution in [3.05, 3.63) is 17.3 Å². The van der Waals surface area contributed by atoms with Gasteiger partial charge in [0.25, 0.3) is 0 Å². The summed E-state index contributed by atoms with van der Waals surface area (Å²) in [6.07, 6.45) is 0. The molecular formula is C7H13N2O+. The van der Waals surface area contributed by atoms with Gasteiger partial charge in [-0.2, -0.15) is 0 Å². The first-order valence-corrected chi connectivity index (χ1v) is 3.44. The first kappa shape index (κ1) is 7.28. The number of oxazole rings is 1. The zero-order chi connectivity index (χ0) is 7.56. The molecule has 0 unspecified atom stereocenters. The van der Waals surface area contributed by atoms with Gasteiger partial charge in [-0.1, -0.05) is 0 Å². The molecule has 3 heteroatoms. The van der Waals surface area contributed by atoms with Crippen molar-refractivity contribution in [1.82, 2.24) is 4.98 Å². The highest BCUT2D eigenvalue weighted by molar-refractivity contribution is 5.05. The van der Waals surface area contributed by atoms with Gasteiger partial charge in [0.05, 0.1) is 7.05 Å². The van der Waals surface area contributed by atoms with Gasteiger partial charge in [0.2, 0.25) is 0 Å². The van der Waals surface area contributed by atoms with Gasteiger partial charge in [0, 0.05) is 6.92 Å². The van der Waals surface area contributed by atoms with Gasteiger partial charge in [-0.05, 0) is 6.92 Å². The van der Waals surface area contributed by atoms with Crippen LogP contribution < -0.4 is 5.32 Å². The number of rotatable bonds is 2. The number of hydrogen-bond donors (Lipinski definition) is 1. The Labute approximate surface area is 60.5 Å². The van der Waals surface area contributed by atoms with Crippen LogP contribution >= 0.6 is 0 Å². The lowest BCUT2D eigenvalue weighted by atomic mass is 10.4. The predicted octanol–water partition coefficient (Wildman–Crippen LogP) is -0.0154. The summed E-state index contributed by atoms with van der Waals surface area (Å²) in [4.78, 5) is 4.20. The van der Waals surface area contributed by atoms with E-state index >= 15 is 0 Å². The molecule has 0 amide bonds. The van der Waals surface area contributed by atoms with Crippen LogP contribution in [0.3, 0.4) is 0 Å². The van der Waals surface area contributed by atoms with Crippen molar-refractivity contribution in [2.24, 2.45) is 0 Å². The Bertz CT molecular complexity index is 217. The topological polar surface area (TPSA) is 42.6 Å². The summed E-state index contributed by atoms with van der Waals surface area (Å²) in [5, 5.41) is 2.07. The quantitative estimate of drug-likeness (QED) is 0.629. The van der Waals surface area contributed by atoms with Crippen molar-refractivity contribution in [2.75, 3.05) is 7.05 Å². The third-order valence-electron chi connectivity index (χ3n) is 1.40. The number of nitrogens with two attached hydrogens (primary N) is 1. The second-order valence-corrected chi connectivity index (χ2v) is 2.35. The fourth-order valence-electron chi connectivity index (χ4n) is 0.955. The van der Waals surface area contributed by atoms with Crippen molar-refractivity contribution >= 4 is 0 Å². The molecule has 2 N–H and O–H groups in total. The predicted molar refractivity (Wildman–Crippen MR) is 37.5 cm³/mol. The van der Waals surface area contributed by atoms with E-state index in [1.807, 2.05) is 20.9 Å². The van der Waals surface area contributed by atoms with Gasteiger partial charge in [-0.15, -0.1) is 0 Å². The van der Waals surface area contributed by atoms with Gasteiger partial charge in [-0.3, -0.25) is 0 Å². The molecule has 0 radical (unpaired) electrons. The fourth-order valence-corrected chi connectivity index (χ4v) is 0.955. The SMILES string of the molecule is C[NH2+]Cc1nc(C)oc1C. The van der Waals surface area contributed by atoms with Crippen LogP contribution in [0.1, 0.15) is 17.3 Å². The van der Waals surface area contributed by atoms with Crippen LogP contribution in [0, 0.1) is 13.8 Å². The summed E-state index contributed by atoms with van der Waals surface area (Å²) < 4.78 is 5.24. The molecule has 10 heavy (non-hydrogen) atoms. The molecule has 56 valence electrons. The van der Waals surface area contributed by atoms with Crippen LogP contribution in [0.5, 0.6) is 0 Å². The molecule has 0 aliphatic rings. The largest absolute Gasteiger partial charge is 0.446 e. The van der Waals surface area contributed by atoms with Gasteiger partial charge < -0.3 is 9.73 Å². The van der Waals surface area contributed by atoms with E-state index in [0.29, 0.717) is 0 Å². The minimum atomic E-state index is 0.759. The van der Waals surface area contributed by atoms with Crippen LogP contribution in [-0.4, -0.2) is 12.0 Å². The van der Waals surface area contributed by atoms with Crippen LogP contribution in [0.25, 0.3) is 0 Å². The standard InChI is InChI=1S/C7H12N2O/c1-5-7(4-8-3)9-6(2)10-5/h8H,4H2,1-3H3/p+1. The van der Waals surface area contributed by atoms with E-state index < -0.39 is 0 Å². The molecule has 1 heterocycles.